The Morgan fingerprint density at radius 1 is 1.26 bits per heavy atom. The van der Waals surface area contributed by atoms with E-state index < -0.39 is 6.04 Å². The van der Waals surface area contributed by atoms with Gasteiger partial charge in [-0.1, -0.05) is 15.9 Å². The monoisotopic (exact) mass is 353 g/mol. The molecule has 2 N–H and O–H groups in total. The zero-order chi connectivity index (χ0) is 13.7. The highest BCUT2D eigenvalue weighted by atomic mass is 79.9. The minimum Gasteiger partial charge on any atom is -0.493 e. The van der Waals surface area contributed by atoms with Crippen LogP contribution >= 0.6 is 28.3 Å². The molecule has 108 valence electrons. The van der Waals surface area contributed by atoms with Crippen molar-refractivity contribution in [3.63, 3.8) is 0 Å². The fraction of sp³-hybridized carbons (Fsp3) is 0.417. The first-order valence-corrected chi connectivity index (χ1v) is 6.06. The molecule has 0 saturated carbocycles. The minimum atomic E-state index is -0.466. The number of carbonyl (C=O) groups is 1. The molecule has 1 atom stereocenters. The number of esters is 1. The van der Waals surface area contributed by atoms with Crippen LogP contribution in [0, 0.1) is 0 Å². The van der Waals surface area contributed by atoms with E-state index in [9.17, 15) is 4.79 Å². The molecular weight excluding hydrogens is 337 g/mol. The zero-order valence-electron chi connectivity index (χ0n) is 10.9. The normalized spacial score (nSPS) is 11.2. The minimum absolute atomic E-state index is 0. The maximum atomic E-state index is 11.2. The molecule has 1 rings (SSSR count). The number of ether oxygens (including phenoxy) is 3. The van der Waals surface area contributed by atoms with Crippen molar-refractivity contribution in [2.24, 2.45) is 5.73 Å². The predicted molar refractivity (Wildman–Crippen MR) is 78.1 cm³/mol. The maximum absolute atomic E-state index is 11.2. The van der Waals surface area contributed by atoms with Gasteiger partial charge < -0.3 is 19.9 Å². The average Bonchev–Trinajstić information content (AvgIpc) is 2.37. The fourth-order valence-corrected chi connectivity index (χ4v) is 2.14. The SMILES string of the molecule is COC(=O)C[C@@H](N)c1cc(OC)c(OC)cc1Br.Cl. The molecule has 1 aromatic carbocycles. The van der Waals surface area contributed by atoms with Gasteiger partial charge in [0.25, 0.3) is 0 Å². The smallest absolute Gasteiger partial charge is 0.307 e. The maximum Gasteiger partial charge on any atom is 0.307 e. The van der Waals surface area contributed by atoms with E-state index >= 15 is 0 Å². The second-order valence-corrected chi connectivity index (χ2v) is 4.47. The lowest BCUT2D eigenvalue weighted by atomic mass is 10.0. The van der Waals surface area contributed by atoms with E-state index in [4.69, 9.17) is 15.2 Å². The number of hydrogen-bond donors (Lipinski definition) is 1. The lowest BCUT2D eigenvalue weighted by Crippen LogP contribution is -2.17. The van der Waals surface area contributed by atoms with E-state index in [-0.39, 0.29) is 24.8 Å². The summed E-state index contributed by atoms with van der Waals surface area (Å²) in [6, 6.07) is 3.04. The van der Waals surface area contributed by atoms with E-state index in [2.05, 4.69) is 20.7 Å². The molecule has 5 nitrogen and oxygen atoms in total. The number of carbonyl (C=O) groups excluding carboxylic acids is 1. The number of hydrogen-bond acceptors (Lipinski definition) is 5. The Labute approximate surface area is 126 Å². The highest BCUT2D eigenvalue weighted by Gasteiger charge is 2.18. The average molecular weight is 355 g/mol. The van der Waals surface area contributed by atoms with Crippen LogP contribution in [0.2, 0.25) is 0 Å². The van der Waals surface area contributed by atoms with Crippen LogP contribution in [0.15, 0.2) is 16.6 Å². The van der Waals surface area contributed by atoms with E-state index in [0.29, 0.717) is 11.5 Å². The van der Waals surface area contributed by atoms with Gasteiger partial charge in [0, 0.05) is 10.5 Å². The Kier molecular flexibility index (Phi) is 7.82. The van der Waals surface area contributed by atoms with Crippen LogP contribution in [0.3, 0.4) is 0 Å². The third-order valence-corrected chi connectivity index (χ3v) is 3.20. The molecule has 0 aliphatic heterocycles. The van der Waals surface area contributed by atoms with E-state index in [1.807, 2.05) is 0 Å². The highest BCUT2D eigenvalue weighted by Crippen LogP contribution is 2.36. The highest BCUT2D eigenvalue weighted by molar-refractivity contribution is 9.10. The van der Waals surface area contributed by atoms with E-state index in [1.165, 1.54) is 7.11 Å². The summed E-state index contributed by atoms with van der Waals surface area (Å²) in [5.41, 5.74) is 6.72. The molecule has 19 heavy (non-hydrogen) atoms. The van der Waals surface area contributed by atoms with Crippen molar-refractivity contribution < 1.29 is 19.0 Å². The summed E-state index contributed by atoms with van der Waals surface area (Å²) < 4.78 is 15.7. The topological polar surface area (TPSA) is 70.8 Å². The molecule has 0 aliphatic carbocycles. The Morgan fingerprint density at radius 3 is 2.26 bits per heavy atom. The second kappa shape index (κ2) is 8.24. The van der Waals surface area contributed by atoms with Crippen molar-refractivity contribution in [3.8, 4) is 11.5 Å². The molecule has 0 spiro atoms. The Balaban J connectivity index is 0.00000324. The van der Waals surface area contributed by atoms with Gasteiger partial charge in [-0.2, -0.15) is 0 Å². The predicted octanol–water partition coefficient (Wildman–Crippen LogP) is 2.45. The van der Waals surface area contributed by atoms with E-state index in [0.717, 1.165) is 10.0 Å². The lowest BCUT2D eigenvalue weighted by Gasteiger charge is -2.16. The Hall–Kier alpha value is -0.980. The van der Waals surface area contributed by atoms with Crippen LogP contribution in [0.5, 0.6) is 11.5 Å². The molecule has 0 bridgehead atoms. The molecule has 0 amide bonds. The first-order chi connectivity index (χ1) is 8.53. The molecule has 0 heterocycles. The number of nitrogens with two attached hydrogens (primary N) is 1. The molecular formula is C12H17BrClNO4. The number of benzene rings is 1. The van der Waals surface area contributed by atoms with Crippen molar-refractivity contribution in [2.75, 3.05) is 21.3 Å². The summed E-state index contributed by atoms with van der Waals surface area (Å²) in [5.74, 6) is 0.804. The van der Waals surface area contributed by atoms with Gasteiger partial charge in [-0.25, -0.2) is 0 Å². The summed E-state index contributed by atoms with van der Waals surface area (Å²) in [5, 5.41) is 0. The first kappa shape index (κ1) is 18.0. The summed E-state index contributed by atoms with van der Waals surface area (Å²) in [4.78, 5) is 11.2. The Bertz CT molecular complexity index is 442. The van der Waals surface area contributed by atoms with Crippen molar-refractivity contribution >= 4 is 34.3 Å². The van der Waals surface area contributed by atoms with Crippen LogP contribution < -0.4 is 15.2 Å². The van der Waals surface area contributed by atoms with Gasteiger partial charge in [0.2, 0.25) is 0 Å². The van der Waals surface area contributed by atoms with Crippen molar-refractivity contribution in [2.45, 2.75) is 12.5 Å². The van der Waals surface area contributed by atoms with Gasteiger partial charge in [0.05, 0.1) is 27.8 Å². The van der Waals surface area contributed by atoms with E-state index in [1.54, 1.807) is 26.4 Å². The number of halogens is 2. The molecule has 0 saturated heterocycles. The van der Waals surface area contributed by atoms with Crippen LogP contribution in [0.4, 0.5) is 0 Å². The quantitative estimate of drug-likeness (QED) is 0.822. The van der Waals surface area contributed by atoms with Crippen LogP contribution in [-0.2, 0) is 9.53 Å². The fourth-order valence-electron chi connectivity index (χ4n) is 1.53. The van der Waals surface area contributed by atoms with Gasteiger partial charge in [0.1, 0.15) is 0 Å². The largest absolute Gasteiger partial charge is 0.493 e. The molecule has 0 unspecified atom stereocenters. The standard InChI is InChI=1S/C12H16BrNO4.ClH/c1-16-10-4-7(8(13)5-11(10)17-2)9(14)6-12(15)18-3;/h4-5,9H,6,14H2,1-3H3;1H/t9-;/m1./s1. The third-order valence-electron chi connectivity index (χ3n) is 2.52. The number of methoxy groups -OCH3 is 3. The van der Waals surface area contributed by atoms with Crippen molar-refractivity contribution in [1.29, 1.82) is 0 Å². The van der Waals surface area contributed by atoms with Gasteiger partial charge >= 0.3 is 5.97 Å². The molecule has 0 aliphatic rings. The number of rotatable bonds is 5. The molecule has 1 aromatic rings. The molecule has 7 heteroatoms. The molecule has 0 radical (unpaired) electrons. The van der Waals surface area contributed by atoms with Crippen molar-refractivity contribution in [3.05, 3.63) is 22.2 Å². The summed E-state index contributed by atoms with van der Waals surface area (Å²) >= 11 is 3.40. The van der Waals surface area contributed by atoms with Gasteiger partial charge in [-0.15, -0.1) is 12.4 Å². The van der Waals surface area contributed by atoms with Crippen molar-refractivity contribution in [1.82, 2.24) is 0 Å². The molecule has 0 aromatic heterocycles. The van der Waals surface area contributed by atoms with Crippen LogP contribution in [0.25, 0.3) is 0 Å². The Morgan fingerprint density at radius 2 is 1.79 bits per heavy atom. The van der Waals surface area contributed by atoms with Crippen LogP contribution in [-0.4, -0.2) is 27.3 Å². The second-order valence-electron chi connectivity index (χ2n) is 3.62. The van der Waals surface area contributed by atoms with Gasteiger partial charge in [0.15, 0.2) is 11.5 Å². The third kappa shape index (κ3) is 4.56. The summed E-state index contributed by atoms with van der Waals surface area (Å²) in [7, 11) is 4.43. The van der Waals surface area contributed by atoms with Gasteiger partial charge in [-0.3, -0.25) is 4.79 Å². The summed E-state index contributed by atoms with van der Waals surface area (Å²) in [6.07, 6.45) is 0.102. The molecule has 0 fully saturated rings. The lowest BCUT2D eigenvalue weighted by molar-refractivity contribution is -0.141. The first-order valence-electron chi connectivity index (χ1n) is 5.27. The van der Waals surface area contributed by atoms with Gasteiger partial charge in [-0.05, 0) is 17.7 Å². The summed E-state index contributed by atoms with van der Waals surface area (Å²) in [6.45, 7) is 0. The van der Waals surface area contributed by atoms with Crippen LogP contribution in [0.1, 0.15) is 18.0 Å². The zero-order valence-corrected chi connectivity index (χ0v) is 13.3.